The summed E-state index contributed by atoms with van der Waals surface area (Å²) in [5.41, 5.74) is 0.957. The average molecular weight is 206 g/mol. The quantitative estimate of drug-likeness (QED) is 0.745. The third kappa shape index (κ3) is 2.98. The summed E-state index contributed by atoms with van der Waals surface area (Å²) in [6.45, 7) is 2.82. The third-order valence-electron chi connectivity index (χ3n) is 2.13. The van der Waals surface area contributed by atoms with Crippen LogP contribution in [-0.2, 0) is 0 Å². The maximum atomic E-state index is 11.9. The molecule has 3 nitrogen and oxygen atoms in total. The summed E-state index contributed by atoms with van der Waals surface area (Å²) in [5, 5.41) is 0. The Balaban J connectivity index is 2.88. The molecule has 0 saturated carbocycles. The number of amides is 2. The molecule has 0 aliphatic carbocycles. The van der Waals surface area contributed by atoms with Crippen LogP contribution in [0.4, 0.5) is 10.5 Å². The highest BCUT2D eigenvalue weighted by atomic mass is 16.2. The van der Waals surface area contributed by atoms with Gasteiger partial charge in [-0.1, -0.05) is 25.1 Å². The fourth-order valence-corrected chi connectivity index (χ4v) is 1.41. The van der Waals surface area contributed by atoms with Crippen molar-refractivity contribution in [2.75, 3.05) is 25.5 Å². The van der Waals surface area contributed by atoms with E-state index in [4.69, 9.17) is 0 Å². The second-order valence-electron chi connectivity index (χ2n) is 3.66. The smallest absolute Gasteiger partial charge is 0.323 e. The topological polar surface area (TPSA) is 23.6 Å². The Hall–Kier alpha value is -1.51. The molecule has 82 valence electrons. The van der Waals surface area contributed by atoms with Crippen molar-refractivity contribution in [1.82, 2.24) is 4.90 Å². The Morgan fingerprint density at radius 3 is 2.27 bits per heavy atom. The number of anilines is 1. The van der Waals surface area contributed by atoms with E-state index >= 15 is 0 Å². The lowest BCUT2D eigenvalue weighted by Gasteiger charge is -2.25. The summed E-state index contributed by atoms with van der Waals surface area (Å²) in [6, 6.07) is 9.78. The lowest BCUT2D eigenvalue weighted by Crippen LogP contribution is -2.39. The van der Waals surface area contributed by atoms with E-state index in [0.717, 1.165) is 18.7 Å². The molecule has 0 bridgehead atoms. The van der Waals surface area contributed by atoms with Crippen LogP contribution in [0.25, 0.3) is 0 Å². The molecule has 3 heteroatoms. The molecule has 15 heavy (non-hydrogen) atoms. The average Bonchev–Trinajstić information content (AvgIpc) is 2.26. The number of nitrogens with zero attached hydrogens (tertiary/aromatic N) is 2. The van der Waals surface area contributed by atoms with Gasteiger partial charge in [0.25, 0.3) is 0 Å². The van der Waals surface area contributed by atoms with Gasteiger partial charge in [0.1, 0.15) is 0 Å². The van der Waals surface area contributed by atoms with Crippen molar-refractivity contribution < 1.29 is 4.79 Å². The number of benzene rings is 1. The van der Waals surface area contributed by atoms with Crippen LogP contribution in [-0.4, -0.2) is 31.6 Å². The summed E-state index contributed by atoms with van der Waals surface area (Å²) >= 11 is 0. The van der Waals surface area contributed by atoms with E-state index < -0.39 is 0 Å². The highest BCUT2D eigenvalue weighted by Gasteiger charge is 2.15. The summed E-state index contributed by atoms with van der Waals surface area (Å²) in [5.74, 6) is 0. The van der Waals surface area contributed by atoms with Gasteiger partial charge in [0.2, 0.25) is 0 Å². The lowest BCUT2D eigenvalue weighted by atomic mass is 10.3. The van der Waals surface area contributed by atoms with Crippen molar-refractivity contribution in [2.45, 2.75) is 13.3 Å². The predicted molar refractivity (Wildman–Crippen MR) is 63.2 cm³/mol. The number of para-hydroxylation sites is 1. The van der Waals surface area contributed by atoms with Crippen LogP contribution in [0, 0.1) is 0 Å². The molecular weight excluding hydrogens is 188 g/mol. The largest absolute Gasteiger partial charge is 0.330 e. The molecule has 0 heterocycles. The van der Waals surface area contributed by atoms with Gasteiger partial charge in [-0.25, -0.2) is 4.79 Å². The van der Waals surface area contributed by atoms with Gasteiger partial charge in [-0.3, -0.25) is 4.90 Å². The maximum absolute atomic E-state index is 11.9. The zero-order valence-corrected chi connectivity index (χ0v) is 9.60. The standard InChI is InChI=1S/C12H18N2O/c1-4-10-14(12(15)13(2)3)11-8-6-5-7-9-11/h5-9H,4,10H2,1-3H3. The molecule has 0 aromatic heterocycles. The molecule has 0 fully saturated rings. The van der Waals surface area contributed by atoms with Gasteiger partial charge in [-0.2, -0.15) is 0 Å². The van der Waals surface area contributed by atoms with Crippen LogP contribution in [0.1, 0.15) is 13.3 Å². The van der Waals surface area contributed by atoms with Crippen molar-refractivity contribution in [2.24, 2.45) is 0 Å². The first-order valence-corrected chi connectivity index (χ1v) is 5.20. The van der Waals surface area contributed by atoms with Crippen molar-refractivity contribution in [3.05, 3.63) is 30.3 Å². The van der Waals surface area contributed by atoms with Crippen LogP contribution >= 0.6 is 0 Å². The molecule has 0 aliphatic rings. The zero-order valence-electron chi connectivity index (χ0n) is 9.60. The first-order chi connectivity index (χ1) is 7.16. The molecule has 0 unspecified atom stereocenters. The van der Waals surface area contributed by atoms with E-state index in [1.807, 2.05) is 30.3 Å². The van der Waals surface area contributed by atoms with Crippen molar-refractivity contribution in [1.29, 1.82) is 0 Å². The zero-order chi connectivity index (χ0) is 11.3. The molecule has 1 aromatic rings. The van der Waals surface area contributed by atoms with Crippen LogP contribution in [0.5, 0.6) is 0 Å². The minimum absolute atomic E-state index is 0.0306. The molecule has 1 rings (SSSR count). The summed E-state index contributed by atoms with van der Waals surface area (Å²) in [4.78, 5) is 15.3. The lowest BCUT2D eigenvalue weighted by molar-refractivity contribution is 0.224. The van der Waals surface area contributed by atoms with Gasteiger partial charge in [-0.05, 0) is 18.6 Å². The maximum Gasteiger partial charge on any atom is 0.323 e. The molecule has 2 amide bonds. The Morgan fingerprint density at radius 1 is 1.20 bits per heavy atom. The van der Waals surface area contributed by atoms with E-state index in [0.29, 0.717) is 0 Å². The van der Waals surface area contributed by atoms with Gasteiger partial charge >= 0.3 is 6.03 Å². The van der Waals surface area contributed by atoms with Crippen molar-refractivity contribution >= 4 is 11.7 Å². The van der Waals surface area contributed by atoms with Crippen molar-refractivity contribution in [3.8, 4) is 0 Å². The number of urea groups is 1. The predicted octanol–water partition coefficient (Wildman–Crippen LogP) is 2.58. The fraction of sp³-hybridized carbons (Fsp3) is 0.417. The van der Waals surface area contributed by atoms with E-state index in [1.54, 1.807) is 23.9 Å². The van der Waals surface area contributed by atoms with E-state index in [9.17, 15) is 4.79 Å². The fourth-order valence-electron chi connectivity index (χ4n) is 1.41. The van der Waals surface area contributed by atoms with Crippen LogP contribution in [0.3, 0.4) is 0 Å². The van der Waals surface area contributed by atoms with Crippen LogP contribution < -0.4 is 4.90 Å². The number of carbonyl (C=O) groups is 1. The molecule has 0 N–H and O–H groups in total. The molecule has 0 atom stereocenters. The van der Waals surface area contributed by atoms with E-state index in [2.05, 4.69) is 6.92 Å². The molecular formula is C12H18N2O. The molecule has 0 aliphatic heterocycles. The van der Waals surface area contributed by atoms with E-state index in [1.165, 1.54) is 0 Å². The molecule has 0 spiro atoms. The minimum Gasteiger partial charge on any atom is -0.330 e. The molecule has 1 aromatic carbocycles. The number of carbonyl (C=O) groups excluding carboxylic acids is 1. The first kappa shape index (κ1) is 11.6. The Labute approximate surface area is 91.3 Å². The van der Waals surface area contributed by atoms with Crippen molar-refractivity contribution in [3.63, 3.8) is 0 Å². The summed E-state index contributed by atoms with van der Waals surface area (Å²) in [7, 11) is 3.54. The second kappa shape index (κ2) is 5.39. The first-order valence-electron chi connectivity index (χ1n) is 5.20. The molecule has 0 radical (unpaired) electrons. The molecule has 0 saturated heterocycles. The monoisotopic (exact) mass is 206 g/mol. The highest BCUT2D eigenvalue weighted by Crippen LogP contribution is 2.14. The number of rotatable bonds is 3. The summed E-state index contributed by atoms with van der Waals surface area (Å²) < 4.78 is 0. The highest BCUT2D eigenvalue weighted by molar-refractivity contribution is 5.91. The van der Waals surface area contributed by atoms with Gasteiger partial charge in [0.05, 0.1) is 0 Å². The summed E-state index contributed by atoms with van der Waals surface area (Å²) in [6.07, 6.45) is 0.953. The van der Waals surface area contributed by atoms with E-state index in [-0.39, 0.29) is 6.03 Å². The Kier molecular flexibility index (Phi) is 4.16. The van der Waals surface area contributed by atoms with Crippen LogP contribution in [0.2, 0.25) is 0 Å². The third-order valence-corrected chi connectivity index (χ3v) is 2.13. The van der Waals surface area contributed by atoms with Gasteiger partial charge in [-0.15, -0.1) is 0 Å². The van der Waals surface area contributed by atoms with Gasteiger partial charge in [0.15, 0.2) is 0 Å². The van der Waals surface area contributed by atoms with Gasteiger partial charge in [0, 0.05) is 26.3 Å². The normalized spacial score (nSPS) is 9.80. The van der Waals surface area contributed by atoms with Crippen LogP contribution in [0.15, 0.2) is 30.3 Å². The number of hydrogen-bond acceptors (Lipinski definition) is 1. The Morgan fingerprint density at radius 2 is 1.80 bits per heavy atom. The number of hydrogen-bond donors (Lipinski definition) is 0. The van der Waals surface area contributed by atoms with Gasteiger partial charge < -0.3 is 4.90 Å². The minimum atomic E-state index is 0.0306. The SMILES string of the molecule is CCCN(C(=O)N(C)C)c1ccccc1. The Bertz CT molecular complexity index is 309. The second-order valence-corrected chi connectivity index (χ2v) is 3.66.